The van der Waals surface area contributed by atoms with Crippen LogP contribution in [0.4, 0.5) is 0 Å². The quantitative estimate of drug-likeness (QED) is 0.515. The number of amides is 2. The number of hydrogen-bond donors (Lipinski definition) is 4. The molecule has 1 fully saturated rings. The van der Waals surface area contributed by atoms with Crippen molar-refractivity contribution in [1.29, 1.82) is 0 Å². The van der Waals surface area contributed by atoms with Crippen LogP contribution in [-0.4, -0.2) is 40.4 Å². The molecule has 4 rings (SSSR count). The normalized spacial score (nSPS) is 19.8. The zero-order valence-electron chi connectivity index (χ0n) is 16.3. The van der Waals surface area contributed by atoms with E-state index in [0.29, 0.717) is 12.5 Å². The van der Waals surface area contributed by atoms with E-state index in [1.807, 2.05) is 36.4 Å². The standard InChI is InChI=1S/C22H25N5O2/c1-14(21(28)25-13-17-11-19-18(27-17)8-5-9-23-19)26-22(29)20-10-16(12-24-20)15-6-3-2-4-7-15/h2-9,11,14,16,20,24,27H,10,12-13H2,1H3,(H,25,28)(H,26,29)/t14-,16-,20+/m0/s1. The maximum absolute atomic E-state index is 12.6. The van der Waals surface area contributed by atoms with Gasteiger partial charge in [0.25, 0.3) is 0 Å². The van der Waals surface area contributed by atoms with Crippen molar-refractivity contribution in [3.05, 3.63) is 66.0 Å². The number of rotatable bonds is 6. The van der Waals surface area contributed by atoms with E-state index < -0.39 is 6.04 Å². The molecular formula is C22H25N5O2. The first-order valence-corrected chi connectivity index (χ1v) is 9.89. The van der Waals surface area contributed by atoms with E-state index in [4.69, 9.17) is 0 Å². The van der Waals surface area contributed by atoms with Crippen LogP contribution >= 0.6 is 0 Å². The van der Waals surface area contributed by atoms with Crippen LogP contribution in [0, 0.1) is 0 Å². The minimum atomic E-state index is -0.609. The SMILES string of the molecule is C[C@H](NC(=O)[C@H]1C[C@H](c2ccccc2)CN1)C(=O)NCc1cc2ncccc2[nH]1. The zero-order chi connectivity index (χ0) is 20.2. The third-order valence-corrected chi connectivity index (χ3v) is 5.37. The average Bonchev–Trinajstić information content (AvgIpc) is 3.39. The van der Waals surface area contributed by atoms with Crippen molar-refractivity contribution in [2.75, 3.05) is 6.54 Å². The lowest BCUT2D eigenvalue weighted by Gasteiger charge is -2.17. The smallest absolute Gasteiger partial charge is 0.242 e. The topological polar surface area (TPSA) is 98.9 Å². The highest BCUT2D eigenvalue weighted by Crippen LogP contribution is 2.25. The van der Waals surface area contributed by atoms with Crippen molar-refractivity contribution in [2.24, 2.45) is 0 Å². The number of carbonyl (C=O) groups is 2. The fraction of sp³-hybridized carbons (Fsp3) is 0.318. The fourth-order valence-electron chi connectivity index (χ4n) is 3.74. The van der Waals surface area contributed by atoms with E-state index >= 15 is 0 Å². The van der Waals surface area contributed by atoms with Gasteiger partial charge in [0.15, 0.2) is 0 Å². The Morgan fingerprint density at radius 3 is 2.83 bits per heavy atom. The number of aromatic nitrogens is 2. The van der Waals surface area contributed by atoms with Crippen molar-refractivity contribution in [3.8, 4) is 0 Å². The molecule has 2 aromatic heterocycles. The van der Waals surface area contributed by atoms with Crippen LogP contribution in [0.15, 0.2) is 54.7 Å². The summed E-state index contributed by atoms with van der Waals surface area (Å²) in [5.74, 6) is -0.0461. The van der Waals surface area contributed by atoms with Crippen LogP contribution in [0.3, 0.4) is 0 Å². The molecule has 3 atom stereocenters. The number of nitrogens with one attached hydrogen (secondary N) is 4. The second kappa shape index (κ2) is 8.45. The summed E-state index contributed by atoms with van der Waals surface area (Å²) in [6.45, 7) is 2.81. The van der Waals surface area contributed by atoms with Gasteiger partial charge in [-0.15, -0.1) is 0 Å². The Kier molecular flexibility index (Phi) is 5.57. The Balaban J connectivity index is 1.26. The van der Waals surface area contributed by atoms with Crippen LogP contribution in [0.5, 0.6) is 0 Å². The van der Waals surface area contributed by atoms with E-state index in [9.17, 15) is 9.59 Å². The molecule has 150 valence electrons. The number of benzene rings is 1. The molecular weight excluding hydrogens is 366 g/mol. The van der Waals surface area contributed by atoms with Gasteiger partial charge in [0, 0.05) is 18.4 Å². The second-order valence-electron chi connectivity index (χ2n) is 7.48. The van der Waals surface area contributed by atoms with Crippen LogP contribution < -0.4 is 16.0 Å². The molecule has 1 aliphatic rings. The predicted octanol–water partition coefficient (Wildman–Crippen LogP) is 1.83. The van der Waals surface area contributed by atoms with Crippen molar-refractivity contribution >= 4 is 22.8 Å². The average molecular weight is 391 g/mol. The third kappa shape index (κ3) is 4.46. The van der Waals surface area contributed by atoms with Gasteiger partial charge in [-0.25, -0.2) is 0 Å². The van der Waals surface area contributed by atoms with Crippen LogP contribution in [-0.2, 0) is 16.1 Å². The summed E-state index contributed by atoms with van der Waals surface area (Å²) in [7, 11) is 0. The molecule has 3 aromatic rings. The van der Waals surface area contributed by atoms with Gasteiger partial charge in [-0.05, 0) is 43.0 Å². The van der Waals surface area contributed by atoms with Crippen molar-refractivity contribution < 1.29 is 9.59 Å². The largest absolute Gasteiger partial charge is 0.356 e. The monoisotopic (exact) mass is 391 g/mol. The Hall–Kier alpha value is -3.19. The molecule has 0 radical (unpaired) electrons. The Morgan fingerprint density at radius 2 is 2.03 bits per heavy atom. The highest BCUT2D eigenvalue weighted by atomic mass is 16.2. The molecule has 7 nitrogen and oxygen atoms in total. The lowest BCUT2D eigenvalue weighted by Crippen LogP contribution is -2.49. The number of aromatic amines is 1. The minimum Gasteiger partial charge on any atom is -0.356 e. The summed E-state index contributed by atoms with van der Waals surface area (Å²) < 4.78 is 0. The molecule has 0 saturated carbocycles. The van der Waals surface area contributed by atoms with Gasteiger partial charge < -0.3 is 20.9 Å². The number of fused-ring (bicyclic) bond motifs is 1. The first-order chi connectivity index (χ1) is 14.1. The molecule has 7 heteroatoms. The van der Waals surface area contributed by atoms with Crippen LogP contribution in [0.2, 0.25) is 0 Å². The van der Waals surface area contributed by atoms with Crippen molar-refractivity contribution in [3.63, 3.8) is 0 Å². The maximum atomic E-state index is 12.6. The summed E-state index contributed by atoms with van der Waals surface area (Å²) in [5.41, 5.74) is 3.89. The number of pyridine rings is 1. The fourth-order valence-corrected chi connectivity index (χ4v) is 3.74. The number of carbonyl (C=O) groups excluding carboxylic acids is 2. The summed E-state index contributed by atoms with van der Waals surface area (Å²) in [5, 5.41) is 8.94. The van der Waals surface area contributed by atoms with Gasteiger partial charge in [0.1, 0.15) is 6.04 Å². The highest BCUT2D eigenvalue weighted by Gasteiger charge is 2.31. The molecule has 0 aliphatic carbocycles. The van der Waals surface area contributed by atoms with Gasteiger partial charge in [-0.2, -0.15) is 0 Å². The van der Waals surface area contributed by atoms with E-state index in [2.05, 4.69) is 38.1 Å². The van der Waals surface area contributed by atoms with E-state index in [0.717, 1.165) is 29.7 Å². The van der Waals surface area contributed by atoms with Crippen molar-refractivity contribution in [1.82, 2.24) is 25.9 Å². The van der Waals surface area contributed by atoms with E-state index in [-0.39, 0.29) is 17.9 Å². The maximum Gasteiger partial charge on any atom is 0.242 e. The van der Waals surface area contributed by atoms with Gasteiger partial charge in [0.05, 0.1) is 23.6 Å². The minimum absolute atomic E-state index is 0.138. The van der Waals surface area contributed by atoms with Gasteiger partial charge >= 0.3 is 0 Å². The summed E-state index contributed by atoms with van der Waals surface area (Å²) >= 11 is 0. The molecule has 2 amide bonds. The molecule has 1 aromatic carbocycles. The lowest BCUT2D eigenvalue weighted by atomic mass is 9.96. The molecule has 1 saturated heterocycles. The van der Waals surface area contributed by atoms with Crippen LogP contribution in [0.1, 0.15) is 30.5 Å². The predicted molar refractivity (Wildman–Crippen MR) is 111 cm³/mol. The van der Waals surface area contributed by atoms with E-state index in [1.54, 1.807) is 13.1 Å². The second-order valence-corrected chi connectivity index (χ2v) is 7.48. The van der Waals surface area contributed by atoms with Crippen LogP contribution in [0.25, 0.3) is 11.0 Å². The third-order valence-electron chi connectivity index (χ3n) is 5.37. The molecule has 3 heterocycles. The zero-order valence-corrected chi connectivity index (χ0v) is 16.3. The van der Waals surface area contributed by atoms with Gasteiger partial charge in [-0.1, -0.05) is 30.3 Å². The van der Waals surface area contributed by atoms with Gasteiger partial charge in [0.2, 0.25) is 11.8 Å². The summed E-state index contributed by atoms with van der Waals surface area (Å²) in [6.07, 6.45) is 2.46. The lowest BCUT2D eigenvalue weighted by molar-refractivity contribution is -0.129. The number of hydrogen-bond acceptors (Lipinski definition) is 4. The Bertz CT molecular complexity index is 968. The molecule has 29 heavy (non-hydrogen) atoms. The molecule has 0 unspecified atom stereocenters. The summed E-state index contributed by atoms with van der Waals surface area (Å²) in [4.78, 5) is 32.4. The van der Waals surface area contributed by atoms with E-state index in [1.165, 1.54) is 5.56 Å². The molecule has 0 spiro atoms. The molecule has 4 N–H and O–H groups in total. The first-order valence-electron chi connectivity index (χ1n) is 9.89. The Labute approximate surface area is 169 Å². The summed E-state index contributed by atoms with van der Waals surface area (Å²) in [6, 6.07) is 15.0. The van der Waals surface area contributed by atoms with Crippen molar-refractivity contribution in [2.45, 2.75) is 37.9 Å². The highest BCUT2D eigenvalue weighted by molar-refractivity contribution is 5.89. The number of nitrogens with zero attached hydrogens (tertiary/aromatic N) is 1. The number of H-pyrrole nitrogens is 1. The first kappa shape index (κ1) is 19.1. The molecule has 0 bridgehead atoms. The Morgan fingerprint density at radius 1 is 1.21 bits per heavy atom. The van der Waals surface area contributed by atoms with Gasteiger partial charge in [-0.3, -0.25) is 14.6 Å². The molecule has 1 aliphatic heterocycles.